The van der Waals surface area contributed by atoms with Gasteiger partial charge in [0.2, 0.25) is 6.08 Å². The normalized spacial score (nSPS) is 14.2. The number of aliphatic imine (C=N–C) groups is 1. The van der Waals surface area contributed by atoms with Crippen molar-refractivity contribution in [1.82, 2.24) is 4.57 Å². The Kier molecular flexibility index (Phi) is 1.37. The summed E-state index contributed by atoms with van der Waals surface area (Å²) in [4.78, 5) is 13.4. The van der Waals surface area contributed by atoms with Crippen LogP contribution in [0.5, 0.6) is 0 Å². The lowest BCUT2D eigenvalue weighted by molar-refractivity contribution is 0.565. The third kappa shape index (κ3) is 0.994. The summed E-state index contributed by atoms with van der Waals surface area (Å²) in [5.74, 6) is 0. The van der Waals surface area contributed by atoms with Gasteiger partial charge in [-0.2, -0.15) is 4.99 Å². The maximum atomic E-state index is 9.90. The number of aromatic nitrogens is 1. The number of nitrogens with zero attached hydrogens (tertiary/aromatic N) is 2. The first-order chi connectivity index (χ1) is 5.40. The molecule has 1 aromatic rings. The van der Waals surface area contributed by atoms with Crippen LogP contribution in [0.4, 0.5) is 5.69 Å². The first-order valence-corrected chi connectivity index (χ1v) is 3.67. The third-order valence-corrected chi connectivity index (χ3v) is 1.98. The Balaban J connectivity index is 2.41. The minimum Gasteiger partial charge on any atom is -0.349 e. The molecule has 3 heteroatoms. The Labute approximate surface area is 64.4 Å². The molecule has 0 spiro atoms. The molecule has 1 aliphatic heterocycles. The summed E-state index contributed by atoms with van der Waals surface area (Å²) in [5, 5.41) is 0. The second kappa shape index (κ2) is 2.36. The van der Waals surface area contributed by atoms with Crippen molar-refractivity contribution >= 4 is 11.8 Å². The molecule has 3 nitrogen and oxygen atoms in total. The maximum Gasteiger partial charge on any atom is 0.240 e. The van der Waals surface area contributed by atoms with Gasteiger partial charge in [0.15, 0.2) is 0 Å². The molecule has 0 aromatic carbocycles. The first-order valence-electron chi connectivity index (χ1n) is 3.67. The molecule has 2 rings (SSSR count). The van der Waals surface area contributed by atoms with E-state index in [1.807, 2.05) is 12.3 Å². The van der Waals surface area contributed by atoms with Crippen molar-refractivity contribution in [2.24, 2.45) is 4.99 Å². The van der Waals surface area contributed by atoms with E-state index in [-0.39, 0.29) is 0 Å². The molecule has 0 radical (unpaired) electrons. The van der Waals surface area contributed by atoms with Crippen molar-refractivity contribution in [2.75, 3.05) is 0 Å². The van der Waals surface area contributed by atoms with Crippen molar-refractivity contribution in [3.8, 4) is 0 Å². The van der Waals surface area contributed by atoms with Gasteiger partial charge < -0.3 is 4.57 Å². The van der Waals surface area contributed by atoms with Crippen LogP contribution in [0.15, 0.2) is 17.3 Å². The summed E-state index contributed by atoms with van der Waals surface area (Å²) in [6.07, 6.45) is 5.74. The summed E-state index contributed by atoms with van der Waals surface area (Å²) in [6, 6.07) is 1.94. The maximum absolute atomic E-state index is 9.90. The third-order valence-electron chi connectivity index (χ3n) is 1.98. The fourth-order valence-corrected chi connectivity index (χ4v) is 1.50. The van der Waals surface area contributed by atoms with Crippen LogP contribution in [0.1, 0.15) is 12.1 Å². The lowest BCUT2D eigenvalue weighted by Gasteiger charge is -1.90. The summed E-state index contributed by atoms with van der Waals surface area (Å²) in [7, 11) is 0. The number of aryl methyl sites for hydroxylation is 2. The van der Waals surface area contributed by atoms with E-state index in [2.05, 4.69) is 9.56 Å². The van der Waals surface area contributed by atoms with Crippen LogP contribution in [0.3, 0.4) is 0 Å². The number of hydrogen-bond donors (Lipinski definition) is 0. The molecule has 56 valence electrons. The molecule has 2 heterocycles. The van der Waals surface area contributed by atoms with E-state index in [1.165, 1.54) is 18.2 Å². The fourth-order valence-electron chi connectivity index (χ4n) is 1.50. The van der Waals surface area contributed by atoms with E-state index in [0.29, 0.717) is 0 Å². The average Bonchev–Trinajstić information content (AvgIpc) is 2.46. The van der Waals surface area contributed by atoms with E-state index in [9.17, 15) is 4.79 Å². The highest BCUT2D eigenvalue weighted by Gasteiger charge is 2.10. The highest BCUT2D eigenvalue weighted by molar-refractivity contribution is 5.49. The number of hydrogen-bond acceptors (Lipinski definition) is 2. The molecule has 11 heavy (non-hydrogen) atoms. The minimum atomic E-state index is 0.731. The summed E-state index contributed by atoms with van der Waals surface area (Å²) < 4.78 is 2.14. The van der Waals surface area contributed by atoms with Crippen LogP contribution < -0.4 is 0 Å². The highest BCUT2D eigenvalue weighted by atomic mass is 16.1. The van der Waals surface area contributed by atoms with Gasteiger partial charge in [0.1, 0.15) is 0 Å². The molecule has 0 saturated heterocycles. The van der Waals surface area contributed by atoms with E-state index in [1.54, 1.807) is 0 Å². The molecule has 0 amide bonds. The molecule has 0 N–H and O–H groups in total. The van der Waals surface area contributed by atoms with Gasteiger partial charge in [-0.3, -0.25) is 0 Å². The lowest BCUT2D eigenvalue weighted by atomic mass is 10.3. The highest BCUT2D eigenvalue weighted by Crippen LogP contribution is 2.22. The monoisotopic (exact) mass is 148 g/mol. The minimum absolute atomic E-state index is 0.731. The van der Waals surface area contributed by atoms with Crippen LogP contribution in [-0.2, 0) is 17.8 Å². The van der Waals surface area contributed by atoms with Gasteiger partial charge >= 0.3 is 0 Å². The molecular weight excluding hydrogens is 140 g/mol. The molecule has 0 fully saturated rings. The predicted octanol–water partition coefficient (Wildman–Crippen LogP) is 1.40. The van der Waals surface area contributed by atoms with Crippen molar-refractivity contribution < 1.29 is 4.79 Å². The zero-order chi connectivity index (χ0) is 7.68. The largest absolute Gasteiger partial charge is 0.349 e. The van der Waals surface area contributed by atoms with Crippen LogP contribution in [0, 0.1) is 0 Å². The van der Waals surface area contributed by atoms with Gasteiger partial charge in [-0.15, -0.1) is 0 Å². The molecule has 1 aliphatic rings. The number of isocyanates is 1. The van der Waals surface area contributed by atoms with E-state index in [0.717, 1.165) is 18.7 Å². The molecule has 0 aliphatic carbocycles. The van der Waals surface area contributed by atoms with Crippen molar-refractivity contribution in [2.45, 2.75) is 19.4 Å². The second-order valence-corrected chi connectivity index (χ2v) is 2.69. The SMILES string of the molecule is O=C=Nc1cc2n(c1)CCC2. The second-order valence-electron chi connectivity index (χ2n) is 2.69. The van der Waals surface area contributed by atoms with Crippen LogP contribution >= 0.6 is 0 Å². The number of carbonyl (C=O) groups excluding carboxylic acids is 1. The molecule has 1 aromatic heterocycles. The zero-order valence-corrected chi connectivity index (χ0v) is 6.08. The molecular formula is C8H8N2O. The fraction of sp³-hybridized carbons (Fsp3) is 0.375. The standard InChI is InChI=1S/C8H8N2O/c11-6-9-7-4-8-2-1-3-10(8)5-7/h4-5H,1-3H2. The Bertz CT molecular complexity index is 299. The van der Waals surface area contributed by atoms with Gasteiger partial charge in [-0.25, -0.2) is 4.79 Å². The van der Waals surface area contributed by atoms with Crippen molar-refractivity contribution in [3.63, 3.8) is 0 Å². The van der Waals surface area contributed by atoms with Crippen LogP contribution in [0.2, 0.25) is 0 Å². The van der Waals surface area contributed by atoms with Crippen molar-refractivity contribution in [1.29, 1.82) is 0 Å². The van der Waals surface area contributed by atoms with E-state index >= 15 is 0 Å². The molecule has 0 bridgehead atoms. The lowest BCUT2D eigenvalue weighted by Crippen LogP contribution is -1.86. The Morgan fingerprint density at radius 1 is 1.64 bits per heavy atom. The van der Waals surface area contributed by atoms with Crippen molar-refractivity contribution in [3.05, 3.63) is 18.0 Å². The molecule has 0 saturated carbocycles. The summed E-state index contributed by atoms with van der Waals surface area (Å²) >= 11 is 0. The summed E-state index contributed by atoms with van der Waals surface area (Å²) in [6.45, 7) is 1.06. The molecule has 0 atom stereocenters. The zero-order valence-electron chi connectivity index (χ0n) is 6.08. The van der Waals surface area contributed by atoms with Crippen LogP contribution in [-0.4, -0.2) is 10.6 Å². The van der Waals surface area contributed by atoms with Gasteiger partial charge in [-0.1, -0.05) is 0 Å². The van der Waals surface area contributed by atoms with E-state index in [4.69, 9.17) is 0 Å². The summed E-state index contributed by atoms with van der Waals surface area (Å²) in [5.41, 5.74) is 2.01. The van der Waals surface area contributed by atoms with Gasteiger partial charge in [0, 0.05) is 18.4 Å². The van der Waals surface area contributed by atoms with Gasteiger partial charge in [0.05, 0.1) is 5.69 Å². The van der Waals surface area contributed by atoms with Crippen LogP contribution in [0.25, 0.3) is 0 Å². The topological polar surface area (TPSA) is 34.4 Å². The average molecular weight is 148 g/mol. The predicted molar refractivity (Wildman–Crippen MR) is 40.5 cm³/mol. The Morgan fingerprint density at radius 3 is 3.27 bits per heavy atom. The van der Waals surface area contributed by atoms with E-state index < -0.39 is 0 Å². The smallest absolute Gasteiger partial charge is 0.240 e. The first kappa shape index (κ1) is 6.38. The Morgan fingerprint density at radius 2 is 2.55 bits per heavy atom. The number of rotatable bonds is 1. The van der Waals surface area contributed by atoms with Gasteiger partial charge in [-0.05, 0) is 18.9 Å². The van der Waals surface area contributed by atoms with Gasteiger partial charge in [0.25, 0.3) is 0 Å². The molecule has 0 unspecified atom stereocenters. The quantitative estimate of drug-likeness (QED) is 0.438. The number of fused-ring (bicyclic) bond motifs is 1. The Hall–Kier alpha value is -1.34.